The van der Waals surface area contributed by atoms with E-state index in [-0.39, 0.29) is 5.91 Å². The molecule has 0 atom stereocenters. The van der Waals surface area contributed by atoms with Gasteiger partial charge in [-0.15, -0.1) is 10.2 Å². The van der Waals surface area contributed by atoms with E-state index in [1.165, 1.54) is 29.7 Å². The third-order valence-corrected chi connectivity index (χ3v) is 5.33. The number of aryl methyl sites for hydroxylation is 1. The monoisotopic (exact) mass is 353 g/mol. The molecule has 3 aromatic rings. The number of aromatic nitrogens is 3. The molecular formula is C18H19N5OS. The molecule has 1 amide bonds. The molecule has 6 nitrogen and oxygen atoms in total. The molecule has 0 unspecified atom stereocenters. The Labute approximate surface area is 149 Å². The van der Waals surface area contributed by atoms with Crippen molar-refractivity contribution in [1.29, 1.82) is 0 Å². The first-order valence-corrected chi connectivity index (χ1v) is 9.34. The molecule has 7 heteroatoms. The van der Waals surface area contributed by atoms with Gasteiger partial charge < -0.3 is 4.90 Å². The maximum absolute atomic E-state index is 12.4. The third kappa shape index (κ3) is 3.32. The van der Waals surface area contributed by atoms with Crippen LogP contribution in [0.2, 0.25) is 0 Å². The predicted octanol–water partition coefficient (Wildman–Crippen LogP) is 3.50. The van der Waals surface area contributed by atoms with Crippen LogP contribution >= 0.6 is 11.3 Å². The lowest BCUT2D eigenvalue weighted by Gasteiger charge is -2.14. The minimum Gasteiger partial charge on any atom is -0.355 e. The van der Waals surface area contributed by atoms with Gasteiger partial charge in [0.1, 0.15) is 0 Å². The van der Waals surface area contributed by atoms with Crippen LogP contribution in [0.5, 0.6) is 0 Å². The van der Waals surface area contributed by atoms with E-state index >= 15 is 0 Å². The van der Waals surface area contributed by atoms with Crippen molar-refractivity contribution in [3.8, 4) is 0 Å². The Morgan fingerprint density at radius 3 is 2.76 bits per heavy atom. The summed E-state index contributed by atoms with van der Waals surface area (Å²) in [6, 6.07) is 9.76. The van der Waals surface area contributed by atoms with E-state index in [0.29, 0.717) is 10.8 Å². The van der Waals surface area contributed by atoms with E-state index in [4.69, 9.17) is 0 Å². The van der Waals surface area contributed by atoms with E-state index in [2.05, 4.69) is 44.5 Å². The summed E-state index contributed by atoms with van der Waals surface area (Å²) in [5.41, 5.74) is 2.46. The molecule has 1 saturated heterocycles. The zero-order valence-electron chi connectivity index (χ0n) is 14.0. The molecule has 25 heavy (non-hydrogen) atoms. The minimum atomic E-state index is -0.282. The molecular weight excluding hydrogens is 334 g/mol. The van der Waals surface area contributed by atoms with Crippen molar-refractivity contribution in [2.45, 2.75) is 26.2 Å². The van der Waals surface area contributed by atoms with E-state index in [1.807, 2.05) is 12.1 Å². The van der Waals surface area contributed by atoms with Gasteiger partial charge in [0.05, 0.1) is 10.2 Å². The number of thiazole rings is 1. The number of nitrogens with zero attached hydrogens (tertiary/aromatic N) is 4. The van der Waals surface area contributed by atoms with Gasteiger partial charge in [0.15, 0.2) is 16.6 Å². The number of carbonyl (C=O) groups is 1. The summed E-state index contributed by atoms with van der Waals surface area (Å²) in [5.74, 6) is 0.552. The average molecular weight is 353 g/mol. The number of hydrogen-bond donors (Lipinski definition) is 1. The molecule has 4 rings (SSSR count). The number of rotatable bonds is 4. The fraction of sp³-hybridized carbons (Fsp3) is 0.333. The van der Waals surface area contributed by atoms with Gasteiger partial charge in [-0.1, -0.05) is 24.3 Å². The zero-order chi connectivity index (χ0) is 17.2. The average Bonchev–Trinajstić information content (AvgIpc) is 3.30. The lowest BCUT2D eigenvalue weighted by atomic mass is 10.2. The Balaban J connectivity index is 1.49. The lowest BCUT2D eigenvalue weighted by Crippen LogP contribution is -2.20. The Morgan fingerprint density at radius 2 is 2.04 bits per heavy atom. The molecule has 1 N–H and O–H groups in total. The second kappa shape index (κ2) is 6.76. The molecule has 2 aromatic heterocycles. The molecule has 0 bridgehead atoms. The first-order valence-electron chi connectivity index (χ1n) is 8.52. The van der Waals surface area contributed by atoms with Crippen LogP contribution in [0.3, 0.4) is 0 Å². The minimum absolute atomic E-state index is 0.282. The summed E-state index contributed by atoms with van der Waals surface area (Å²) in [5, 5.41) is 11.7. The van der Waals surface area contributed by atoms with Crippen LogP contribution < -0.4 is 10.2 Å². The van der Waals surface area contributed by atoms with Gasteiger partial charge in [0.2, 0.25) is 0 Å². The van der Waals surface area contributed by atoms with Gasteiger partial charge in [-0.05, 0) is 49.1 Å². The maximum Gasteiger partial charge on any atom is 0.277 e. The third-order valence-electron chi connectivity index (χ3n) is 4.39. The van der Waals surface area contributed by atoms with Gasteiger partial charge in [-0.2, -0.15) is 0 Å². The Kier molecular flexibility index (Phi) is 4.31. The summed E-state index contributed by atoms with van der Waals surface area (Å²) in [4.78, 5) is 19.0. The van der Waals surface area contributed by atoms with E-state index in [1.54, 1.807) is 6.07 Å². The van der Waals surface area contributed by atoms with Crippen molar-refractivity contribution in [2.24, 2.45) is 0 Å². The smallest absolute Gasteiger partial charge is 0.277 e. The fourth-order valence-electron chi connectivity index (χ4n) is 2.96. The van der Waals surface area contributed by atoms with Gasteiger partial charge in [-0.3, -0.25) is 10.1 Å². The Hall–Kier alpha value is -2.54. The van der Waals surface area contributed by atoms with Gasteiger partial charge in [-0.25, -0.2) is 4.98 Å². The molecule has 1 aliphatic rings. The first kappa shape index (κ1) is 16.0. The number of carbonyl (C=O) groups excluding carboxylic acids is 1. The molecule has 1 fully saturated rings. The van der Waals surface area contributed by atoms with Crippen LogP contribution in [0.25, 0.3) is 10.2 Å². The van der Waals surface area contributed by atoms with E-state index in [0.717, 1.165) is 35.5 Å². The topological polar surface area (TPSA) is 71.0 Å². The highest BCUT2D eigenvalue weighted by atomic mass is 32.1. The highest BCUT2D eigenvalue weighted by Crippen LogP contribution is 2.27. The van der Waals surface area contributed by atoms with Crippen molar-refractivity contribution in [2.75, 3.05) is 23.3 Å². The number of amides is 1. The zero-order valence-corrected chi connectivity index (χ0v) is 14.8. The molecule has 0 radical (unpaired) electrons. The van der Waals surface area contributed by atoms with Gasteiger partial charge in [0, 0.05) is 13.1 Å². The number of anilines is 2. The Bertz CT molecular complexity index is 899. The molecule has 128 valence electrons. The number of fused-ring (bicyclic) bond motifs is 1. The van der Waals surface area contributed by atoms with Crippen LogP contribution in [0.1, 0.15) is 35.8 Å². The maximum atomic E-state index is 12.4. The van der Waals surface area contributed by atoms with Gasteiger partial charge >= 0.3 is 0 Å². The predicted molar refractivity (Wildman–Crippen MR) is 100 cm³/mol. The standard InChI is InChI=1S/C18H19N5OS/c1-2-12-5-6-13-15(11-12)25-18(19-13)20-17(24)14-7-8-16(22-21-14)23-9-3-4-10-23/h5-8,11H,2-4,9-10H2,1H3,(H,19,20,24). The largest absolute Gasteiger partial charge is 0.355 e. The molecule has 0 saturated carbocycles. The number of benzene rings is 1. The van der Waals surface area contributed by atoms with Crippen LogP contribution in [-0.4, -0.2) is 34.2 Å². The first-order chi connectivity index (χ1) is 12.2. The Morgan fingerprint density at radius 1 is 1.20 bits per heavy atom. The SMILES string of the molecule is CCc1ccc2nc(NC(=O)c3ccc(N4CCCC4)nn3)sc2c1. The van der Waals surface area contributed by atoms with Crippen LogP contribution in [0.15, 0.2) is 30.3 Å². The normalized spacial score (nSPS) is 14.2. The van der Waals surface area contributed by atoms with E-state index in [9.17, 15) is 4.79 Å². The van der Waals surface area contributed by atoms with Crippen molar-refractivity contribution in [3.63, 3.8) is 0 Å². The second-order valence-electron chi connectivity index (χ2n) is 6.10. The highest BCUT2D eigenvalue weighted by Gasteiger charge is 2.16. The van der Waals surface area contributed by atoms with E-state index < -0.39 is 0 Å². The fourth-order valence-corrected chi connectivity index (χ4v) is 3.89. The van der Waals surface area contributed by atoms with Crippen molar-refractivity contribution >= 4 is 38.4 Å². The summed E-state index contributed by atoms with van der Waals surface area (Å²) in [6.07, 6.45) is 3.34. The molecule has 0 spiro atoms. The lowest BCUT2D eigenvalue weighted by molar-refractivity contribution is 0.102. The quantitative estimate of drug-likeness (QED) is 0.777. The number of nitrogens with one attached hydrogen (secondary N) is 1. The van der Waals surface area contributed by atoms with Crippen LogP contribution in [0, 0.1) is 0 Å². The van der Waals surface area contributed by atoms with Crippen molar-refractivity contribution in [3.05, 3.63) is 41.6 Å². The molecule has 0 aliphatic carbocycles. The molecule has 1 aliphatic heterocycles. The number of hydrogen-bond acceptors (Lipinski definition) is 6. The summed E-state index contributed by atoms with van der Waals surface area (Å²) < 4.78 is 1.07. The van der Waals surface area contributed by atoms with Crippen LogP contribution in [0.4, 0.5) is 10.9 Å². The second-order valence-corrected chi connectivity index (χ2v) is 7.13. The van der Waals surface area contributed by atoms with Crippen molar-refractivity contribution in [1.82, 2.24) is 15.2 Å². The summed E-state index contributed by atoms with van der Waals surface area (Å²) >= 11 is 1.47. The summed E-state index contributed by atoms with van der Waals surface area (Å²) in [7, 11) is 0. The van der Waals surface area contributed by atoms with Crippen molar-refractivity contribution < 1.29 is 4.79 Å². The molecule has 3 heterocycles. The van der Waals surface area contributed by atoms with Gasteiger partial charge in [0.25, 0.3) is 5.91 Å². The van der Waals surface area contributed by atoms with Crippen LogP contribution in [-0.2, 0) is 6.42 Å². The highest BCUT2D eigenvalue weighted by molar-refractivity contribution is 7.22. The molecule has 1 aromatic carbocycles. The summed E-state index contributed by atoms with van der Waals surface area (Å²) in [6.45, 7) is 4.13.